The highest BCUT2D eigenvalue weighted by molar-refractivity contribution is 7.16. The van der Waals surface area contributed by atoms with Crippen molar-refractivity contribution in [3.8, 4) is 6.07 Å². The molecular weight excluding hydrogens is 340 g/mol. The van der Waals surface area contributed by atoms with Crippen LogP contribution in [0.5, 0.6) is 0 Å². The van der Waals surface area contributed by atoms with E-state index < -0.39 is 0 Å². The van der Waals surface area contributed by atoms with Crippen molar-refractivity contribution in [3.05, 3.63) is 51.4 Å². The SMILES string of the molecule is N#Cc1c(NC(=O)c2ccc(C3CCCCC3)cc2)sc2c1CCCC2. The molecule has 0 radical (unpaired) electrons. The lowest BCUT2D eigenvalue weighted by molar-refractivity contribution is 0.102. The summed E-state index contributed by atoms with van der Waals surface area (Å²) in [4.78, 5) is 13.9. The number of nitriles is 1. The van der Waals surface area contributed by atoms with E-state index in [-0.39, 0.29) is 5.91 Å². The predicted molar refractivity (Wildman–Crippen MR) is 106 cm³/mol. The van der Waals surface area contributed by atoms with Gasteiger partial charge in [-0.3, -0.25) is 4.79 Å². The van der Waals surface area contributed by atoms with Gasteiger partial charge in [0.05, 0.1) is 5.56 Å². The third-order valence-corrected chi connectivity index (χ3v) is 6.97. The maximum atomic E-state index is 12.7. The Morgan fingerprint density at radius 1 is 1.04 bits per heavy atom. The first-order chi connectivity index (χ1) is 12.8. The van der Waals surface area contributed by atoms with Crippen LogP contribution in [0.4, 0.5) is 5.00 Å². The Morgan fingerprint density at radius 3 is 2.50 bits per heavy atom. The minimum Gasteiger partial charge on any atom is -0.312 e. The molecule has 2 aliphatic carbocycles. The van der Waals surface area contributed by atoms with E-state index in [4.69, 9.17) is 0 Å². The molecule has 3 nitrogen and oxygen atoms in total. The summed E-state index contributed by atoms with van der Waals surface area (Å²) in [5, 5.41) is 13.2. The van der Waals surface area contributed by atoms with Crippen molar-refractivity contribution in [1.82, 2.24) is 0 Å². The number of carbonyl (C=O) groups excluding carboxylic acids is 1. The van der Waals surface area contributed by atoms with Crippen LogP contribution in [-0.4, -0.2) is 5.91 Å². The molecule has 1 heterocycles. The molecule has 2 aliphatic rings. The highest BCUT2D eigenvalue weighted by atomic mass is 32.1. The van der Waals surface area contributed by atoms with Gasteiger partial charge in [-0.25, -0.2) is 0 Å². The summed E-state index contributed by atoms with van der Waals surface area (Å²) in [6.45, 7) is 0. The number of rotatable bonds is 3. The number of hydrogen-bond donors (Lipinski definition) is 1. The molecule has 1 amide bonds. The van der Waals surface area contributed by atoms with Crippen LogP contribution in [-0.2, 0) is 12.8 Å². The fraction of sp³-hybridized carbons (Fsp3) is 0.455. The van der Waals surface area contributed by atoms with Crippen LogP contribution in [0.3, 0.4) is 0 Å². The van der Waals surface area contributed by atoms with E-state index in [1.165, 1.54) is 49.0 Å². The monoisotopic (exact) mass is 364 g/mol. The molecule has 1 fully saturated rings. The Morgan fingerprint density at radius 2 is 1.77 bits per heavy atom. The Bertz CT molecular complexity index is 838. The summed E-state index contributed by atoms with van der Waals surface area (Å²) in [5.41, 5.74) is 3.86. The topological polar surface area (TPSA) is 52.9 Å². The third-order valence-electron chi connectivity index (χ3n) is 5.76. The average molecular weight is 365 g/mol. The van der Waals surface area contributed by atoms with Crippen molar-refractivity contribution in [2.24, 2.45) is 0 Å². The highest BCUT2D eigenvalue weighted by Crippen LogP contribution is 2.38. The van der Waals surface area contributed by atoms with E-state index in [1.54, 1.807) is 11.3 Å². The summed E-state index contributed by atoms with van der Waals surface area (Å²) in [6.07, 6.45) is 10.8. The zero-order valence-corrected chi connectivity index (χ0v) is 15.8. The van der Waals surface area contributed by atoms with Crippen molar-refractivity contribution in [2.75, 3.05) is 5.32 Å². The molecular formula is C22H24N2OS. The summed E-state index contributed by atoms with van der Waals surface area (Å²) in [7, 11) is 0. The van der Waals surface area contributed by atoms with Crippen LogP contribution >= 0.6 is 11.3 Å². The van der Waals surface area contributed by atoms with Gasteiger partial charge in [0.1, 0.15) is 11.1 Å². The maximum absolute atomic E-state index is 12.7. The third kappa shape index (κ3) is 3.41. The number of nitrogens with zero attached hydrogens (tertiary/aromatic N) is 1. The molecule has 1 saturated carbocycles. The minimum atomic E-state index is -0.115. The van der Waals surface area contributed by atoms with Gasteiger partial charge in [0, 0.05) is 10.4 Å². The smallest absolute Gasteiger partial charge is 0.256 e. The van der Waals surface area contributed by atoms with Gasteiger partial charge in [0.15, 0.2) is 0 Å². The molecule has 1 aromatic carbocycles. The Hall–Kier alpha value is -2.12. The number of benzene rings is 1. The van der Waals surface area contributed by atoms with Crippen molar-refractivity contribution in [3.63, 3.8) is 0 Å². The first-order valence-corrected chi connectivity index (χ1v) is 10.5. The lowest BCUT2D eigenvalue weighted by Gasteiger charge is -2.22. The van der Waals surface area contributed by atoms with Crippen LogP contribution in [0.1, 0.15) is 82.8 Å². The number of carbonyl (C=O) groups is 1. The minimum absolute atomic E-state index is 0.115. The first-order valence-electron chi connectivity index (χ1n) is 9.72. The molecule has 0 atom stereocenters. The van der Waals surface area contributed by atoms with Gasteiger partial charge in [0.2, 0.25) is 0 Å². The molecule has 134 valence electrons. The molecule has 0 aliphatic heterocycles. The molecule has 0 unspecified atom stereocenters. The molecule has 0 saturated heterocycles. The molecule has 0 bridgehead atoms. The summed E-state index contributed by atoms with van der Waals surface area (Å²) in [5.74, 6) is 0.533. The zero-order valence-electron chi connectivity index (χ0n) is 15.0. The van der Waals surface area contributed by atoms with Crippen molar-refractivity contribution in [2.45, 2.75) is 63.7 Å². The number of amides is 1. The number of nitrogens with one attached hydrogen (secondary N) is 1. The van der Waals surface area contributed by atoms with Gasteiger partial charge in [-0.15, -0.1) is 11.3 Å². The summed E-state index contributed by atoms with van der Waals surface area (Å²) < 4.78 is 0. The molecule has 1 aromatic heterocycles. The van der Waals surface area contributed by atoms with E-state index in [0.717, 1.165) is 29.8 Å². The van der Waals surface area contributed by atoms with Gasteiger partial charge < -0.3 is 5.32 Å². The molecule has 0 spiro atoms. The number of hydrogen-bond acceptors (Lipinski definition) is 3. The number of fused-ring (bicyclic) bond motifs is 1. The van der Waals surface area contributed by atoms with Gasteiger partial charge in [0.25, 0.3) is 5.91 Å². The fourth-order valence-electron chi connectivity index (χ4n) is 4.29. The van der Waals surface area contributed by atoms with E-state index >= 15 is 0 Å². The standard InChI is InChI=1S/C22H24N2OS/c23-14-19-18-8-4-5-9-20(18)26-22(19)24-21(25)17-12-10-16(11-13-17)15-6-2-1-3-7-15/h10-13,15H,1-9H2,(H,24,25). The average Bonchev–Trinajstić information content (AvgIpc) is 3.05. The van der Waals surface area contributed by atoms with Crippen LogP contribution in [0.25, 0.3) is 0 Å². The van der Waals surface area contributed by atoms with Crippen molar-refractivity contribution < 1.29 is 4.79 Å². The van der Waals surface area contributed by atoms with E-state index in [0.29, 0.717) is 17.0 Å². The van der Waals surface area contributed by atoms with Gasteiger partial charge in [-0.1, -0.05) is 31.4 Å². The number of thiophene rings is 1. The second-order valence-corrected chi connectivity index (χ2v) is 8.54. The lowest BCUT2D eigenvalue weighted by Crippen LogP contribution is -2.12. The van der Waals surface area contributed by atoms with Gasteiger partial charge >= 0.3 is 0 Å². The first kappa shape index (κ1) is 17.3. The predicted octanol–water partition coefficient (Wildman–Crippen LogP) is 5.80. The normalized spacial score (nSPS) is 17.3. The Labute approximate surface area is 159 Å². The van der Waals surface area contributed by atoms with Crippen molar-refractivity contribution in [1.29, 1.82) is 5.26 Å². The van der Waals surface area contributed by atoms with E-state index in [9.17, 15) is 10.1 Å². The summed E-state index contributed by atoms with van der Waals surface area (Å²) in [6, 6.07) is 10.4. The summed E-state index contributed by atoms with van der Waals surface area (Å²) >= 11 is 1.58. The molecule has 26 heavy (non-hydrogen) atoms. The van der Waals surface area contributed by atoms with Gasteiger partial charge in [-0.05, 0) is 67.7 Å². The molecule has 1 N–H and O–H groups in total. The highest BCUT2D eigenvalue weighted by Gasteiger charge is 2.22. The van der Waals surface area contributed by atoms with Crippen LogP contribution in [0.15, 0.2) is 24.3 Å². The van der Waals surface area contributed by atoms with E-state index in [2.05, 4.69) is 23.5 Å². The van der Waals surface area contributed by atoms with Gasteiger partial charge in [-0.2, -0.15) is 5.26 Å². The fourth-order valence-corrected chi connectivity index (χ4v) is 5.52. The number of aryl methyl sites for hydroxylation is 1. The number of anilines is 1. The zero-order chi connectivity index (χ0) is 17.9. The quantitative estimate of drug-likeness (QED) is 0.748. The lowest BCUT2D eigenvalue weighted by atomic mass is 9.84. The Kier molecular flexibility index (Phi) is 5.08. The molecule has 4 heteroatoms. The van der Waals surface area contributed by atoms with Crippen molar-refractivity contribution >= 4 is 22.2 Å². The largest absolute Gasteiger partial charge is 0.312 e. The molecule has 2 aromatic rings. The second kappa shape index (κ2) is 7.63. The second-order valence-electron chi connectivity index (χ2n) is 7.44. The maximum Gasteiger partial charge on any atom is 0.256 e. The Balaban J connectivity index is 1.50. The van der Waals surface area contributed by atoms with E-state index in [1.807, 2.05) is 12.1 Å². The van der Waals surface area contributed by atoms with Crippen LogP contribution in [0.2, 0.25) is 0 Å². The van der Waals surface area contributed by atoms with Crippen LogP contribution < -0.4 is 5.32 Å². The molecule has 4 rings (SSSR count). The van der Waals surface area contributed by atoms with Crippen LogP contribution in [0, 0.1) is 11.3 Å².